The first-order chi connectivity index (χ1) is 15.3. The van der Waals surface area contributed by atoms with E-state index in [0.717, 1.165) is 5.56 Å². The summed E-state index contributed by atoms with van der Waals surface area (Å²) >= 11 is 0. The normalized spacial score (nSPS) is 17.9. The van der Waals surface area contributed by atoms with Crippen LogP contribution in [0.15, 0.2) is 29.3 Å². The van der Waals surface area contributed by atoms with Gasteiger partial charge in [-0.25, -0.2) is 17.5 Å². The van der Waals surface area contributed by atoms with Crippen LogP contribution in [0.2, 0.25) is 0 Å². The summed E-state index contributed by atoms with van der Waals surface area (Å²) in [5.74, 6) is 3.65. The largest absolute Gasteiger partial charge is 0.488 e. The number of aliphatic hydroxyl groups is 1. The van der Waals surface area contributed by atoms with Gasteiger partial charge in [-0.1, -0.05) is 17.9 Å². The van der Waals surface area contributed by atoms with Gasteiger partial charge in [0.15, 0.2) is 17.1 Å². The molecule has 1 aromatic heterocycles. The van der Waals surface area contributed by atoms with E-state index in [0.29, 0.717) is 11.3 Å². The number of carbonyl (C=O) groups excluding carboxylic acids is 1. The van der Waals surface area contributed by atoms with E-state index in [1.165, 1.54) is 37.7 Å². The molecule has 0 spiro atoms. The molecule has 0 bridgehead atoms. The van der Waals surface area contributed by atoms with Crippen molar-refractivity contribution in [2.24, 2.45) is 7.05 Å². The Kier molecular flexibility index (Phi) is 6.52. The highest BCUT2D eigenvalue weighted by Gasteiger charge is 2.36. The van der Waals surface area contributed by atoms with Crippen molar-refractivity contribution in [3.63, 3.8) is 0 Å². The monoisotopic (exact) mass is 474 g/mol. The van der Waals surface area contributed by atoms with Crippen molar-refractivity contribution < 1.29 is 27.4 Å². The number of nitriles is 1. The number of nitrogens with zero attached hydrogens (tertiary/aromatic N) is 2. The predicted molar refractivity (Wildman–Crippen MR) is 118 cm³/mol. The van der Waals surface area contributed by atoms with E-state index in [2.05, 4.69) is 21.9 Å². The fraction of sp³-hybridized carbons (Fsp3) is 0.364. The number of halogens is 1. The highest BCUT2D eigenvalue weighted by molar-refractivity contribution is 7.89. The van der Waals surface area contributed by atoms with Gasteiger partial charge in [-0.05, 0) is 38.5 Å². The van der Waals surface area contributed by atoms with Gasteiger partial charge < -0.3 is 19.7 Å². The van der Waals surface area contributed by atoms with Crippen LogP contribution in [-0.4, -0.2) is 48.4 Å². The van der Waals surface area contributed by atoms with Gasteiger partial charge in [0.2, 0.25) is 10.0 Å². The summed E-state index contributed by atoms with van der Waals surface area (Å²) in [4.78, 5) is 12.7. The number of aromatic nitrogens is 1. The second kappa shape index (κ2) is 8.87. The van der Waals surface area contributed by atoms with Crippen molar-refractivity contribution in [3.8, 4) is 23.7 Å². The van der Waals surface area contributed by atoms with Crippen LogP contribution in [0.3, 0.4) is 0 Å². The summed E-state index contributed by atoms with van der Waals surface area (Å²) in [6, 6.07) is 5.65. The fourth-order valence-corrected chi connectivity index (χ4v) is 4.57. The molecule has 11 heteroatoms. The molecule has 33 heavy (non-hydrogen) atoms. The number of rotatable bonds is 3. The number of carbonyl (C=O) groups is 1. The molecular formula is C22H23FN4O5S. The molecule has 3 N–H and O–H groups in total. The van der Waals surface area contributed by atoms with Gasteiger partial charge in [0, 0.05) is 18.9 Å². The number of sulfonamides is 1. The third kappa shape index (κ3) is 5.34. The zero-order valence-electron chi connectivity index (χ0n) is 18.4. The fourth-order valence-electron chi connectivity index (χ4n) is 3.15. The number of ether oxygens (including phenoxy) is 1. The number of fused-ring (bicyclic) bond motifs is 1. The first-order valence-electron chi connectivity index (χ1n) is 9.88. The summed E-state index contributed by atoms with van der Waals surface area (Å²) < 4.78 is 48.6. The highest BCUT2D eigenvalue weighted by Crippen LogP contribution is 2.33. The van der Waals surface area contributed by atoms with Crippen LogP contribution in [0.4, 0.5) is 10.1 Å². The van der Waals surface area contributed by atoms with Gasteiger partial charge in [0.25, 0.3) is 5.91 Å². The number of aliphatic hydroxyl groups excluding tert-OH is 1. The Bertz CT molecular complexity index is 1310. The second-order valence-electron chi connectivity index (χ2n) is 8.10. The van der Waals surface area contributed by atoms with E-state index in [1.807, 2.05) is 6.07 Å². The molecule has 1 aliphatic heterocycles. The number of hydrogen-bond acceptors (Lipinski definition) is 6. The zero-order chi connectivity index (χ0) is 24.6. The molecule has 1 amide bonds. The molecule has 3 rings (SSSR count). The van der Waals surface area contributed by atoms with Crippen LogP contribution < -0.4 is 14.8 Å². The van der Waals surface area contributed by atoms with E-state index < -0.39 is 33.7 Å². The molecule has 0 aliphatic carbocycles. The lowest BCUT2D eigenvalue weighted by molar-refractivity contribution is 0.101. The van der Waals surface area contributed by atoms with Gasteiger partial charge >= 0.3 is 0 Å². The standard InChI is InChI=1S/C22H23FN4O5S/c1-13-5-6-15(9-14(13)10-24)25-21(29)19-20-18(11-27(19)4)33(30,31)26-16(12-32-20)17(28)7-8-22(2,3)23/h5-6,9,11,16-17,26,28H,12H2,1-4H3,(H,25,29)/t16-,17-/m1/s1. The number of anilines is 1. The minimum atomic E-state index is -4.19. The van der Waals surface area contributed by atoms with Crippen molar-refractivity contribution in [1.82, 2.24) is 9.29 Å². The number of benzene rings is 1. The molecule has 0 saturated carbocycles. The lowest BCUT2D eigenvalue weighted by atomic mass is 10.1. The smallest absolute Gasteiger partial charge is 0.276 e. The van der Waals surface area contributed by atoms with Gasteiger partial charge in [-0.15, -0.1) is 0 Å². The quantitative estimate of drug-likeness (QED) is 0.579. The molecule has 174 valence electrons. The minimum absolute atomic E-state index is 0.0689. The van der Waals surface area contributed by atoms with Crippen molar-refractivity contribution in [2.45, 2.75) is 43.5 Å². The summed E-state index contributed by atoms with van der Waals surface area (Å²) in [6.07, 6.45) is -0.324. The Morgan fingerprint density at radius 1 is 1.45 bits per heavy atom. The van der Waals surface area contributed by atoms with Crippen LogP contribution in [0.25, 0.3) is 0 Å². The SMILES string of the molecule is Cc1ccc(NC(=O)c2c3c(cn2C)S(=O)(=O)N[C@@H]([C@H](O)C#CC(C)(C)F)CO3)cc1C#N. The maximum atomic E-state index is 13.6. The van der Waals surface area contributed by atoms with Gasteiger partial charge in [0.05, 0.1) is 17.7 Å². The number of aryl methyl sites for hydroxylation is 2. The molecule has 2 atom stereocenters. The second-order valence-corrected chi connectivity index (χ2v) is 9.79. The molecule has 2 heterocycles. The molecule has 0 fully saturated rings. The molecule has 1 aromatic carbocycles. The Hall–Kier alpha value is -3.38. The summed E-state index contributed by atoms with van der Waals surface area (Å²) in [7, 11) is -2.71. The van der Waals surface area contributed by atoms with Crippen LogP contribution >= 0.6 is 0 Å². The highest BCUT2D eigenvalue weighted by atomic mass is 32.2. The molecule has 9 nitrogen and oxygen atoms in total. The van der Waals surface area contributed by atoms with Crippen LogP contribution in [0.5, 0.6) is 5.75 Å². The van der Waals surface area contributed by atoms with Gasteiger partial charge in [-0.2, -0.15) is 5.26 Å². The third-order valence-corrected chi connectivity index (χ3v) is 6.32. The first kappa shape index (κ1) is 24.3. The van der Waals surface area contributed by atoms with E-state index in [4.69, 9.17) is 4.74 Å². The number of hydrogen-bond donors (Lipinski definition) is 3. The molecule has 0 saturated heterocycles. The van der Waals surface area contributed by atoms with Crippen LogP contribution in [0.1, 0.15) is 35.5 Å². The Morgan fingerprint density at radius 3 is 2.79 bits per heavy atom. The van der Waals surface area contributed by atoms with Crippen molar-refractivity contribution in [2.75, 3.05) is 11.9 Å². The minimum Gasteiger partial charge on any atom is -0.488 e. The van der Waals surface area contributed by atoms with E-state index in [-0.39, 0.29) is 22.9 Å². The summed E-state index contributed by atoms with van der Waals surface area (Å²) in [6.45, 7) is 3.82. The molecule has 0 radical (unpaired) electrons. The van der Waals surface area contributed by atoms with Crippen LogP contribution in [0, 0.1) is 30.1 Å². The average molecular weight is 475 g/mol. The lowest BCUT2D eigenvalue weighted by Gasteiger charge is -2.18. The van der Waals surface area contributed by atoms with Crippen LogP contribution in [-0.2, 0) is 17.1 Å². The van der Waals surface area contributed by atoms with Gasteiger partial charge in [-0.3, -0.25) is 4.79 Å². The van der Waals surface area contributed by atoms with Gasteiger partial charge in [0.1, 0.15) is 17.6 Å². The zero-order valence-corrected chi connectivity index (χ0v) is 19.2. The molecule has 1 aliphatic rings. The lowest BCUT2D eigenvalue weighted by Crippen LogP contribution is -2.45. The van der Waals surface area contributed by atoms with E-state index in [1.54, 1.807) is 19.1 Å². The number of nitrogens with one attached hydrogen (secondary N) is 2. The Balaban J connectivity index is 1.92. The topological polar surface area (TPSA) is 133 Å². The summed E-state index contributed by atoms with van der Waals surface area (Å²) in [5.41, 5.74) is -0.462. The molecule has 0 unspecified atom stereocenters. The average Bonchev–Trinajstić information content (AvgIpc) is 3.00. The maximum Gasteiger partial charge on any atom is 0.276 e. The predicted octanol–water partition coefficient (Wildman–Crippen LogP) is 1.61. The third-order valence-electron chi connectivity index (χ3n) is 4.84. The van der Waals surface area contributed by atoms with Crippen molar-refractivity contribution in [1.29, 1.82) is 5.26 Å². The Morgan fingerprint density at radius 2 is 2.15 bits per heavy atom. The van der Waals surface area contributed by atoms with E-state index >= 15 is 0 Å². The first-order valence-corrected chi connectivity index (χ1v) is 11.4. The van der Waals surface area contributed by atoms with E-state index in [9.17, 15) is 28.0 Å². The number of alkyl halides is 1. The maximum absolute atomic E-state index is 13.6. The van der Waals surface area contributed by atoms with Crippen molar-refractivity contribution in [3.05, 3.63) is 41.2 Å². The number of amides is 1. The summed E-state index contributed by atoms with van der Waals surface area (Å²) in [5, 5.41) is 22.1. The van der Waals surface area contributed by atoms with Crippen molar-refractivity contribution >= 4 is 21.6 Å². The molecular weight excluding hydrogens is 451 g/mol. The Labute approximate surface area is 191 Å². The molecule has 2 aromatic rings.